The van der Waals surface area contributed by atoms with E-state index in [4.69, 9.17) is 4.98 Å². The third-order valence-corrected chi connectivity index (χ3v) is 6.67. The highest BCUT2D eigenvalue weighted by molar-refractivity contribution is 7.09. The summed E-state index contributed by atoms with van der Waals surface area (Å²) < 4.78 is 2.25. The van der Waals surface area contributed by atoms with Gasteiger partial charge < -0.3 is 9.88 Å². The normalized spacial score (nSPS) is 21.0. The Morgan fingerprint density at radius 1 is 1.35 bits per heavy atom. The minimum atomic E-state index is 0.0669. The molecule has 140 valence electrons. The van der Waals surface area contributed by atoms with Crippen LogP contribution in [0.3, 0.4) is 0 Å². The Morgan fingerprint density at radius 3 is 2.96 bits per heavy atom. The van der Waals surface area contributed by atoms with Crippen molar-refractivity contribution in [1.29, 1.82) is 0 Å². The van der Waals surface area contributed by atoms with Crippen LogP contribution >= 0.6 is 11.3 Å². The van der Waals surface area contributed by atoms with E-state index in [1.807, 2.05) is 6.07 Å². The van der Waals surface area contributed by atoms with Gasteiger partial charge in [-0.25, -0.2) is 4.98 Å². The predicted octanol–water partition coefficient (Wildman–Crippen LogP) is 3.17. The van der Waals surface area contributed by atoms with Gasteiger partial charge in [0, 0.05) is 36.8 Å². The van der Waals surface area contributed by atoms with Gasteiger partial charge in [-0.15, -0.1) is 11.3 Å². The van der Waals surface area contributed by atoms with Crippen molar-refractivity contribution in [2.24, 2.45) is 0 Å². The molecule has 3 heterocycles. The van der Waals surface area contributed by atoms with Crippen LogP contribution in [0.25, 0.3) is 0 Å². The number of hydrogen-bond acceptors (Lipinski definition) is 4. The number of nitrogens with zero attached hydrogens (tertiary/aromatic N) is 3. The smallest absolute Gasteiger partial charge is 0.226 e. The minimum Gasteiger partial charge on any atom is -0.355 e. The Kier molecular flexibility index (Phi) is 5.41. The second kappa shape index (κ2) is 7.92. The maximum absolute atomic E-state index is 12.2. The summed E-state index contributed by atoms with van der Waals surface area (Å²) in [5.41, 5.74) is 0.897. The number of fused-ring (bicyclic) bond motifs is 1. The predicted molar refractivity (Wildman–Crippen MR) is 104 cm³/mol. The molecule has 26 heavy (non-hydrogen) atoms. The summed E-state index contributed by atoms with van der Waals surface area (Å²) in [5, 5.41) is 5.09. The highest BCUT2D eigenvalue weighted by atomic mass is 32.1. The van der Waals surface area contributed by atoms with Gasteiger partial charge >= 0.3 is 0 Å². The van der Waals surface area contributed by atoms with Gasteiger partial charge in [0.1, 0.15) is 5.82 Å². The quantitative estimate of drug-likeness (QED) is 0.847. The van der Waals surface area contributed by atoms with Crippen molar-refractivity contribution < 1.29 is 4.79 Å². The average molecular weight is 373 g/mol. The summed E-state index contributed by atoms with van der Waals surface area (Å²) in [4.78, 5) is 21.0. The Bertz CT molecular complexity index is 733. The molecule has 0 bridgehead atoms. The highest BCUT2D eigenvalue weighted by Crippen LogP contribution is 2.33. The Labute approximate surface area is 159 Å². The third-order valence-electron chi connectivity index (χ3n) is 5.74. The van der Waals surface area contributed by atoms with E-state index in [0.717, 1.165) is 37.1 Å². The van der Waals surface area contributed by atoms with Gasteiger partial charge in [0.05, 0.1) is 18.2 Å². The lowest BCUT2D eigenvalue weighted by Gasteiger charge is -2.38. The second-order valence-electron chi connectivity index (χ2n) is 7.49. The van der Waals surface area contributed by atoms with E-state index in [9.17, 15) is 4.79 Å². The molecule has 1 saturated carbocycles. The van der Waals surface area contributed by atoms with Crippen LogP contribution in [0, 0.1) is 0 Å². The molecule has 1 aliphatic carbocycles. The zero-order valence-corrected chi connectivity index (χ0v) is 16.3. The number of nitrogens with one attached hydrogen (secondary N) is 1. The maximum atomic E-state index is 12.2. The molecule has 0 unspecified atom stereocenters. The fourth-order valence-corrected chi connectivity index (χ4v) is 5.10. The number of carbonyl (C=O) groups excluding carboxylic acids is 1. The van der Waals surface area contributed by atoms with Crippen molar-refractivity contribution in [3.63, 3.8) is 0 Å². The van der Waals surface area contributed by atoms with E-state index in [0.29, 0.717) is 19.0 Å². The van der Waals surface area contributed by atoms with E-state index in [-0.39, 0.29) is 5.91 Å². The van der Waals surface area contributed by atoms with Gasteiger partial charge in [0.2, 0.25) is 5.91 Å². The topological polar surface area (TPSA) is 50.2 Å². The number of aromatic nitrogens is 2. The molecule has 0 spiro atoms. The molecule has 1 aliphatic heterocycles. The van der Waals surface area contributed by atoms with Crippen LogP contribution in [0.1, 0.15) is 55.0 Å². The number of hydrogen-bond donors (Lipinski definition) is 1. The minimum absolute atomic E-state index is 0.0669. The van der Waals surface area contributed by atoms with Crippen LogP contribution in [0.4, 0.5) is 0 Å². The van der Waals surface area contributed by atoms with E-state index in [1.54, 1.807) is 11.3 Å². The van der Waals surface area contributed by atoms with Gasteiger partial charge in [0.25, 0.3) is 0 Å². The van der Waals surface area contributed by atoms with Crippen LogP contribution in [-0.2, 0) is 24.2 Å². The summed E-state index contributed by atoms with van der Waals surface area (Å²) in [7, 11) is 0. The molecule has 0 radical (unpaired) electrons. The van der Waals surface area contributed by atoms with Crippen molar-refractivity contribution in [2.75, 3.05) is 13.1 Å². The lowest BCUT2D eigenvalue weighted by Crippen LogP contribution is -2.42. The van der Waals surface area contributed by atoms with Gasteiger partial charge in [-0.3, -0.25) is 9.69 Å². The van der Waals surface area contributed by atoms with Gasteiger partial charge in [-0.05, 0) is 37.6 Å². The first-order valence-corrected chi connectivity index (χ1v) is 10.7. The summed E-state index contributed by atoms with van der Waals surface area (Å²) >= 11 is 1.74. The molecular weight excluding hydrogens is 344 g/mol. The van der Waals surface area contributed by atoms with Crippen molar-refractivity contribution in [3.05, 3.63) is 40.1 Å². The highest BCUT2D eigenvalue weighted by Gasteiger charge is 2.32. The summed E-state index contributed by atoms with van der Waals surface area (Å²) in [5.74, 6) is 1.20. The maximum Gasteiger partial charge on any atom is 0.226 e. The number of imidazole rings is 1. The Balaban J connectivity index is 1.33. The Hall–Kier alpha value is -1.66. The number of thiophene rings is 1. The van der Waals surface area contributed by atoms with E-state index < -0.39 is 0 Å². The zero-order chi connectivity index (χ0) is 17.9. The molecule has 2 aliphatic rings. The zero-order valence-electron chi connectivity index (χ0n) is 15.5. The molecule has 1 N–H and O–H groups in total. The van der Waals surface area contributed by atoms with Crippen molar-refractivity contribution in [3.8, 4) is 0 Å². The van der Waals surface area contributed by atoms with Gasteiger partial charge in [-0.1, -0.05) is 18.9 Å². The molecule has 0 saturated heterocycles. The fourth-order valence-electron chi connectivity index (χ4n) is 4.39. The van der Waals surface area contributed by atoms with E-state index >= 15 is 0 Å². The lowest BCUT2D eigenvalue weighted by molar-refractivity contribution is -0.120. The number of carbonyl (C=O) groups is 1. The lowest BCUT2D eigenvalue weighted by atomic mass is 10.1. The first-order chi connectivity index (χ1) is 12.7. The standard InChI is InChI=1S/C20H28N4OS/c1-15-20-22-16(13-19(25)21-9-8-18-7-4-12-26-18)14-23(20)10-11-24(15)17-5-2-3-6-17/h4,7,12,14-15,17H,2-3,5-6,8-11,13H2,1H3,(H,21,25)/t15-/m0/s1. The van der Waals surface area contributed by atoms with Crippen LogP contribution < -0.4 is 5.32 Å². The first kappa shape index (κ1) is 17.7. The molecule has 4 rings (SSSR count). The SMILES string of the molecule is C[C@H]1c2nc(CC(=O)NCCc3cccs3)cn2CCN1C1CCCC1. The molecule has 1 amide bonds. The van der Waals surface area contributed by atoms with Crippen molar-refractivity contribution in [1.82, 2.24) is 19.8 Å². The Morgan fingerprint density at radius 2 is 2.19 bits per heavy atom. The van der Waals surface area contributed by atoms with Crippen molar-refractivity contribution in [2.45, 2.75) is 64.1 Å². The second-order valence-corrected chi connectivity index (χ2v) is 8.52. The van der Waals surface area contributed by atoms with Gasteiger partial charge in [0.15, 0.2) is 0 Å². The van der Waals surface area contributed by atoms with Crippen LogP contribution in [0.5, 0.6) is 0 Å². The molecule has 2 aromatic rings. The van der Waals surface area contributed by atoms with Crippen LogP contribution in [0.2, 0.25) is 0 Å². The van der Waals surface area contributed by atoms with Gasteiger partial charge in [-0.2, -0.15) is 0 Å². The molecule has 1 atom stereocenters. The third kappa shape index (κ3) is 3.86. The molecule has 5 nitrogen and oxygen atoms in total. The van der Waals surface area contributed by atoms with Crippen molar-refractivity contribution >= 4 is 17.2 Å². The van der Waals surface area contributed by atoms with Crippen LogP contribution in [0.15, 0.2) is 23.7 Å². The summed E-state index contributed by atoms with van der Waals surface area (Å²) in [6.45, 7) is 5.05. The monoisotopic (exact) mass is 372 g/mol. The summed E-state index contributed by atoms with van der Waals surface area (Å²) in [6, 6.07) is 5.23. The first-order valence-electron chi connectivity index (χ1n) is 9.81. The largest absolute Gasteiger partial charge is 0.355 e. The fraction of sp³-hybridized carbons (Fsp3) is 0.600. The molecular formula is C20H28N4OS. The van der Waals surface area contributed by atoms with Crippen LogP contribution in [-0.4, -0.2) is 39.5 Å². The molecule has 0 aromatic carbocycles. The van der Waals surface area contributed by atoms with E-state index in [1.165, 1.54) is 30.6 Å². The average Bonchev–Trinajstić information content (AvgIpc) is 3.36. The molecule has 6 heteroatoms. The summed E-state index contributed by atoms with van der Waals surface area (Å²) in [6.07, 6.45) is 8.72. The number of rotatable bonds is 6. The van der Waals surface area contributed by atoms with E-state index in [2.05, 4.69) is 39.4 Å². The molecule has 2 aromatic heterocycles. The number of amides is 1. The molecule has 1 fully saturated rings.